The zero-order chi connectivity index (χ0) is 26.8. The van der Waals surface area contributed by atoms with Crippen molar-refractivity contribution >= 4 is 27.5 Å². The van der Waals surface area contributed by atoms with Crippen molar-refractivity contribution in [3.8, 4) is 5.75 Å². The number of sulfonamides is 1. The van der Waals surface area contributed by atoms with Gasteiger partial charge in [0.1, 0.15) is 11.8 Å². The molecule has 1 aliphatic carbocycles. The monoisotopic (exact) mass is 529 g/mol. The van der Waals surface area contributed by atoms with Gasteiger partial charge in [0.15, 0.2) is 0 Å². The molecule has 1 atom stereocenters. The van der Waals surface area contributed by atoms with Gasteiger partial charge < -0.3 is 15.0 Å². The number of nitrogens with zero attached hydrogens (tertiary/aromatic N) is 2. The number of benzene rings is 2. The lowest BCUT2D eigenvalue weighted by Gasteiger charge is -2.32. The average Bonchev–Trinajstić information content (AvgIpc) is 3.39. The van der Waals surface area contributed by atoms with Crippen molar-refractivity contribution in [2.75, 3.05) is 24.2 Å². The van der Waals surface area contributed by atoms with Crippen LogP contribution in [0, 0.1) is 0 Å². The molecule has 1 aliphatic rings. The van der Waals surface area contributed by atoms with Crippen LogP contribution in [-0.4, -0.2) is 57.1 Å². The normalized spacial score (nSPS) is 14.7. The minimum Gasteiger partial charge on any atom is -0.497 e. The topological polar surface area (TPSA) is 96.0 Å². The molecule has 0 aromatic heterocycles. The Labute approximate surface area is 221 Å². The molecule has 8 nitrogen and oxygen atoms in total. The van der Waals surface area contributed by atoms with Crippen LogP contribution in [0.5, 0.6) is 5.75 Å². The number of rotatable bonds is 13. The third-order valence-electron chi connectivity index (χ3n) is 6.80. The molecule has 1 N–H and O–H groups in total. The smallest absolute Gasteiger partial charge is 0.243 e. The summed E-state index contributed by atoms with van der Waals surface area (Å²) in [6.07, 6.45) is 6.27. The Hall–Kier alpha value is -3.07. The van der Waals surface area contributed by atoms with Crippen molar-refractivity contribution in [1.82, 2.24) is 10.2 Å². The molecule has 1 saturated carbocycles. The first kappa shape index (κ1) is 28.5. The van der Waals surface area contributed by atoms with Gasteiger partial charge in [-0.15, -0.1) is 0 Å². The van der Waals surface area contributed by atoms with Crippen molar-refractivity contribution < 1.29 is 22.7 Å². The second-order valence-electron chi connectivity index (χ2n) is 9.56. The van der Waals surface area contributed by atoms with Gasteiger partial charge in [-0.25, -0.2) is 8.42 Å². The van der Waals surface area contributed by atoms with Crippen LogP contribution < -0.4 is 14.4 Å². The van der Waals surface area contributed by atoms with E-state index in [-0.39, 0.29) is 30.8 Å². The third kappa shape index (κ3) is 8.21. The second kappa shape index (κ2) is 13.5. The van der Waals surface area contributed by atoms with Crippen LogP contribution in [-0.2, 0) is 26.2 Å². The van der Waals surface area contributed by atoms with Crippen LogP contribution in [0.2, 0.25) is 0 Å². The number of amides is 2. The minimum absolute atomic E-state index is 0.116. The van der Waals surface area contributed by atoms with Gasteiger partial charge >= 0.3 is 0 Å². The van der Waals surface area contributed by atoms with Gasteiger partial charge in [0.2, 0.25) is 21.8 Å². The van der Waals surface area contributed by atoms with Crippen molar-refractivity contribution in [3.63, 3.8) is 0 Å². The van der Waals surface area contributed by atoms with Crippen LogP contribution in [0.25, 0.3) is 0 Å². The first-order chi connectivity index (χ1) is 17.7. The highest BCUT2D eigenvalue weighted by Crippen LogP contribution is 2.23. The zero-order valence-corrected chi connectivity index (χ0v) is 22.9. The predicted molar refractivity (Wildman–Crippen MR) is 146 cm³/mol. The molecule has 2 aromatic carbocycles. The molecule has 0 heterocycles. The van der Waals surface area contributed by atoms with Crippen LogP contribution in [0.15, 0.2) is 54.6 Å². The van der Waals surface area contributed by atoms with E-state index >= 15 is 0 Å². The molecule has 1 fully saturated rings. The molecule has 0 bridgehead atoms. The van der Waals surface area contributed by atoms with E-state index in [1.165, 1.54) is 4.31 Å². The van der Waals surface area contributed by atoms with Crippen molar-refractivity contribution in [2.24, 2.45) is 0 Å². The summed E-state index contributed by atoms with van der Waals surface area (Å²) in [5.74, 6) is 0.348. The fourth-order valence-corrected chi connectivity index (χ4v) is 5.78. The molecular formula is C28H39N3O5S. The van der Waals surface area contributed by atoms with Crippen molar-refractivity contribution in [1.29, 1.82) is 0 Å². The molecule has 9 heteroatoms. The fourth-order valence-electron chi connectivity index (χ4n) is 4.82. The number of carbonyl (C=O) groups excluding carboxylic acids is 2. The van der Waals surface area contributed by atoms with Crippen LogP contribution in [0.3, 0.4) is 0 Å². The molecule has 3 rings (SSSR count). The summed E-state index contributed by atoms with van der Waals surface area (Å²) < 4.78 is 31.4. The SMILES string of the molecule is CC[C@H](C(=O)NC1CCCC1)N(Cc1ccccc1)C(=O)CCCN(c1ccc(OC)cc1)S(C)(=O)=O. The maximum atomic E-state index is 13.5. The van der Waals surface area contributed by atoms with Crippen LogP contribution in [0.1, 0.15) is 57.4 Å². The molecule has 2 amide bonds. The molecule has 0 saturated heterocycles. The molecule has 37 heavy (non-hydrogen) atoms. The number of hydrogen-bond acceptors (Lipinski definition) is 5. The molecular weight excluding hydrogens is 490 g/mol. The molecule has 0 radical (unpaired) electrons. The molecule has 0 unspecified atom stereocenters. The number of hydrogen-bond donors (Lipinski definition) is 1. The quantitative estimate of drug-likeness (QED) is 0.421. The Bertz CT molecular complexity index is 1120. The van der Waals surface area contributed by atoms with Gasteiger partial charge in [-0.3, -0.25) is 13.9 Å². The highest BCUT2D eigenvalue weighted by atomic mass is 32.2. The Morgan fingerprint density at radius 1 is 1.05 bits per heavy atom. The van der Waals surface area contributed by atoms with E-state index in [9.17, 15) is 18.0 Å². The fraction of sp³-hybridized carbons (Fsp3) is 0.500. The summed E-state index contributed by atoms with van der Waals surface area (Å²) in [6, 6.07) is 16.0. The van der Waals surface area contributed by atoms with Gasteiger partial charge in [0.05, 0.1) is 19.1 Å². The summed E-state index contributed by atoms with van der Waals surface area (Å²) in [5.41, 5.74) is 1.46. The third-order valence-corrected chi connectivity index (χ3v) is 7.99. The summed E-state index contributed by atoms with van der Waals surface area (Å²) >= 11 is 0. The van der Waals surface area contributed by atoms with E-state index in [1.54, 1.807) is 36.3 Å². The Morgan fingerprint density at radius 2 is 1.70 bits per heavy atom. The molecule has 0 aliphatic heterocycles. The predicted octanol–water partition coefficient (Wildman–Crippen LogP) is 4.11. The van der Waals surface area contributed by atoms with E-state index in [0.717, 1.165) is 37.5 Å². The highest BCUT2D eigenvalue weighted by Gasteiger charge is 2.30. The number of methoxy groups -OCH3 is 1. The largest absolute Gasteiger partial charge is 0.497 e. The van der Waals surface area contributed by atoms with Gasteiger partial charge in [0.25, 0.3) is 0 Å². The Balaban J connectivity index is 1.72. The van der Waals surface area contributed by atoms with Crippen LogP contribution >= 0.6 is 0 Å². The summed E-state index contributed by atoms with van der Waals surface area (Å²) in [4.78, 5) is 28.4. The summed E-state index contributed by atoms with van der Waals surface area (Å²) in [5, 5.41) is 3.15. The maximum Gasteiger partial charge on any atom is 0.243 e. The number of anilines is 1. The van der Waals surface area contributed by atoms with Gasteiger partial charge in [0, 0.05) is 25.6 Å². The highest BCUT2D eigenvalue weighted by molar-refractivity contribution is 7.92. The minimum atomic E-state index is -3.55. The molecule has 0 spiro atoms. The second-order valence-corrected chi connectivity index (χ2v) is 11.5. The van der Waals surface area contributed by atoms with E-state index in [4.69, 9.17) is 4.74 Å². The number of ether oxygens (including phenoxy) is 1. The van der Waals surface area contributed by atoms with Gasteiger partial charge in [-0.2, -0.15) is 0 Å². The standard InChI is InChI=1S/C28H39N3O5S/c1-4-26(28(33)29-23-13-8-9-14-23)30(21-22-11-6-5-7-12-22)27(32)15-10-20-31(37(3,34)35)24-16-18-25(36-2)19-17-24/h5-7,11-12,16-19,23,26H,4,8-10,13-15,20-21H2,1-3H3,(H,29,33)/t26-/m1/s1. The Morgan fingerprint density at radius 3 is 2.27 bits per heavy atom. The number of carbonyl (C=O) groups is 2. The van der Waals surface area contributed by atoms with Crippen molar-refractivity contribution in [3.05, 3.63) is 60.2 Å². The summed E-state index contributed by atoms with van der Waals surface area (Å²) in [6.45, 7) is 2.39. The van der Waals surface area contributed by atoms with Gasteiger partial charge in [-0.1, -0.05) is 50.1 Å². The molecule has 2 aromatic rings. The molecule has 202 valence electrons. The van der Waals surface area contributed by atoms with E-state index < -0.39 is 16.1 Å². The van der Waals surface area contributed by atoms with Gasteiger partial charge in [-0.05, 0) is 55.5 Å². The lowest BCUT2D eigenvalue weighted by Crippen LogP contribution is -2.51. The van der Waals surface area contributed by atoms with E-state index in [2.05, 4.69) is 5.32 Å². The number of nitrogens with one attached hydrogen (secondary N) is 1. The van der Waals surface area contributed by atoms with E-state index in [0.29, 0.717) is 30.8 Å². The lowest BCUT2D eigenvalue weighted by molar-refractivity contribution is -0.141. The summed E-state index contributed by atoms with van der Waals surface area (Å²) in [7, 11) is -2.00. The lowest BCUT2D eigenvalue weighted by atomic mass is 10.1. The first-order valence-corrected chi connectivity index (χ1v) is 14.8. The van der Waals surface area contributed by atoms with Crippen LogP contribution in [0.4, 0.5) is 5.69 Å². The average molecular weight is 530 g/mol. The maximum absolute atomic E-state index is 13.5. The first-order valence-electron chi connectivity index (χ1n) is 13.0. The zero-order valence-electron chi connectivity index (χ0n) is 22.1. The van der Waals surface area contributed by atoms with Crippen molar-refractivity contribution in [2.45, 2.75) is 70.5 Å². The van der Waals surface area contributed by atoms with E-state index in [1.807, 2.05) is 37.3 Å². The Kier molecular flexibility index (Phi) is 10.4.